The van der Waals surface area contributed by atoms with Crippen molar-refractivity contribution in [1.29, 1.82) is 0 Å². The van der Waals surface area contributed by atoms with E-state index in [-0.39, 0.29) is 24.9 Å². The Labute approximate surface area is 176 Å². The minimum Gasteiger partial charge on any atom is -0.488 e. The number of carbonyl (C=O) groups excluding carboxylic acids is 1. The smallest absolute Gasteiger partial charge is 0.265 e. The maximum Gasteiger partial charge on any atom is 0.265 e. The predicted molar refractivity (Wildman–Crippen MR) is 113 cm³/mol. The van der Waals surface area contributed by atoms with Gasteiger partial charge in [-0.25, -0.2) is 4.39 Å². The average Bonchev–Trinajstić information content (AvgIpc) is 2.71. The van der Waals surface area contributed by atoms with Gasteiger partial charge in [-0.3, -0.25) is 4.79 Å². The third kappa shape index (κ3) is 6.73. The Morgan fingerprint density at radius 2 is 1.90 bits per heavy atom. The maximum absolute atomic E-state index is 13.3. The molecular formula is C22H18BrFN2O3. The molecule has 1 amide bonds. The molecule has 3 aromatic carbocycles. The number of hydrogen-bond donors (Lipinski definition) is 1. The zero-order valence-corrected chi connectivity index (χ0v) is 16.9. The largest absolute Gasteiger partial charge is 0.488 e. The summed E-state index contributed by atoms with van der Waals surface area (Å²) in [5.41, 5.74) is 2.05. The van der Waals surface area contributed by atoms with Crippen LogP contribution in [0.15, 0.2) is 82.4 Å². The molecule has 0 aromatic heterocycles. The van der Waals surface area contributed by atoms with E-state index in [1.54, 1.807) is 36.4 Å². The van der Waals surface area contributed by atoms with E-state index >= 15 is 0 Å². The first-order chi connectivity index (χ1) is 14.1. The van der Waals surface area contributed by atoms with Gasteiger partial charge in [0.05, 0.1) is 6.21 Å². The molecule has 0 aliphatic carbocycles. The molecular weight excluding hydrogens is 439 g/mol. The molecule has 5 nitrogen and oxygen atoms in total. The van der Waals surface area contributed by atoms with Crippen LogP contribution in [0.2, 0.25) is 0 Å². The number of hydrogen-bond acceptors (Lipinski definition) is 4. The van der Waals surface area contributed by atoms with Crippen LogP contribution in [0.3, 0.4) is 0 Å². The fraction of sp³-hybridized carbons (Fsp3) is 0.0909. The van der Waals surface area contributed by atoms with E-state index < -0.39 is 0 Å². The van der Waals surface area contributed by atoms with E-state index in [1.165, 1.54) is 18.3 Å². The Bertz CT molecular complexity index is 996. The Morgan fingerprint density at radius 1 is 1.07 bits per heavy atom. The average molecular weight is 457 g/mol. The van der Waals surface area contributed by atoms with Crippen molar-refractivity contribution in [2.45, 2.75) is 6.61 Å². The first-order valence-corrected chi connectivity index (χ1v) is 9.56. The molecule has 148 valence electrons. The van der Waals surface area contributed by atoms with Gasteiger partial charge in [0.1, 0.15) is 18.2 Å². The van der Waals surface area contributed by atoms with Crippen molar-refractivity contribution in [3.8, 4) is 5.75 Å². The predicted octanol–water partition coefficient (Wildman–Crippen LogP) is 5.16. The van der Waals surface area contributed by atoms with Crippen LogP contribution in [-0.4, -0.2) is 18.7 Å². The van der Waals surface area contributed by atoms with E-state index in [0.717, 1.165) is 4.47 Å². The number of ether oxygens (including phenoxy) is 1. The first-order valence-electron chi connectivity index (χ1n) is 8.77. The summed E-state index contributed by atoms with van der Waals surface area (Å²) in [7, 11) is 0. The lowest BCUT2D eigenvalue weighted by molar-refractivity contribution is -0.120. The summed E-state index contributed by atoms with van der Waals surface area (Å²) in [6, 6.07) is 20.7. The van der Waals surface area contributed by atoms with Crippen LogP contribution in [0.4, 0.5) is 10.1 Å². The summed E-state index contributed by atoms with van der Waals surface area (Å²) in [6.45, 7) is -0.0144. The Morgan fingerprint density at radius 3 is 2.69 bits per heavy atom. The normalized spacial score (nSPS) is 10.7. The number of rotatable bonds is 8. The van der Waals surface area contributed by atoms with E-state index in [1.807, 2.05) is 24.3 Å². The summed E-state index contributed by atoms with van der Waals surface area (Å²) < 4.78 is 19.9. The van der Waals surface area contributed by atoms with E-state index in [9.17, 15) is 9.18 Å². The van der Waals surface area contributed by atoms with Gasteiger partial charge >= 0.3 is 0 Å². The van der Waals surface area contributed by atoms with Crippen LogP contribution in [0.5, 0.6) is 5.75 Å². The van der Waals surface area contributed by atoms with Gasteiger partial charge in [0.2, 0.25) is 0 Å². The number of carbonyl (C=O) groups is 1. The van der Waals surface area contributed by atoms with Crippen molar-refractivity contribution < 1.29 is 18.8 Å². The van der Waals surface area contributed by atoms with Gasteiger partial charge in [-0.05, 0) is 48.0 Å². The summed E-state index contributed by atoms with van der Waals surface area (Å²) in [4.78, 5) is 16.9. The molecule has 3 rings (SSSR count). The van der Waals surface area contributed by atoms with Gasteiger partial charge < -0.3 is 14.9 Å². The Balaban J connectivity index is 1.56. The minimum atomic E-state index is -0.315. The summed E-state index contributed by atoms with van der Waals surface area (Å²) in [5, 5.41) is 6.55. The zero-order valence-electron chi connectivity index (χ0n) is 15.3. The highest BCUT2D eigenvalue weighted by atomic mass is 79.9. The number of oxime groups is 1. The zero-order chi connectivity index (χ0) is 20.5. The summed E-state index contributed by atoms with van der Waals surface area (Å²) in [6.07, 6.45) is 1.46. The number of anilines is 1. The van der Waals surface area contributed by atoms with Gasteiger partial charge in [-0.15, -0.1) is 0 Å². The van der Waals surface area contributed by atoms with Gasteiger partial charge in [0, 0.05) is 15.7 Å². The van der Waals surface area contributed by atoms with E-state index in [0.29, 0.717) is 22.6 Å². The SMILES string of the molecule is O=C(CON=Cc1cc(Br)ccc1OCc1cccc(F)c1)Nc1ccccc1. The van der Waals surface area contributed by atoms with Crippen molar-refractivity contribution in [3.63, 3.8) is 0 Å². The monoisotopic (exact) mass is 456 g/mol. The lowest BCUT2D eigenvalue weighted by atomic mass is 10.2. The summed E-state index contributed by atoms with van der Waals surface area (Å²) in [5.74, 6) is -0.0745. The molecule has 0 aliphatic heterocycles. The molecule has 7 heteroatoms. The lowest BCUT2D eigenvalue weighted by Crippen LogP contribution is -2.16. The van der Waals surface area contributed by atoms with Crippen molar-refractivity contribution in [2.24, 2.45) is 5.16 Å². The standard InChI is InChI=1S/C22H18BrFN2O3/c23-18-9-10-21(28-14-16-5-4-6-19(24)11-16)17(12-18)13-25-29-15-22(27)26-20-7-2-1-3-8-20/h1-13H,14-15H2,(H,26,27). The molecule has 0 heterocycles. The van der Waals surface area contributed by atoms with Crippen LogP contribution >= 0.6 is 15.9 Å². The molecule has 0 saturated heterocycles. The molecule has 3 aromatic rings. The topological polar surface area (TPSA) is 59.9 Å². The molecule has 0 spiro atoms. The van der Waals surface area contributed by atoms with Crippen LogP contribution in [-0.2, 0) is 16.2 Å². The van der Waals surface area contributed by atoms with Crippen molar-refractivity contribution in [2.75, 3.05) is 11.9 Å². The highest BCUT2D eigenvalue weighted by Gasteiger charge is 2.05. The molecule has 0 aliphatic rings. The number of nitrogens with one attached hydrogen (secondary N) is 1. The Hall–Kier alpha value is -3.19. The number of nitrogens with zero attached hydrogens (tertiary/aromatic N) is 1. The second-order valence-electron chi connectivity index (χ2n) is 6.02. The number of para-hydroxylation sites is 1. The lowest BCUT2D eigenvalue weighted by Gasteiger charge is -2.10. The molecule has 0 radical (unpaired) electrons. The fourth-order valence-corrected chi connectivity index (χ4v) is 2.83. The van der Waals surface area contributed by atoms with Crippen LogP contribution < -0.4 is 10.1 Å². The second-order valence-corrected chi connectivity index (χ2v) is 6.94. The van der Waals surface area contributed by atoms with Gasteiger partial charge in [0.15, 0.2) is 6.61 Å². The van der Waals surface area contributed by atoms with Crippen molar-refractivity contribution >= 4 is 33.7 Å². The van der Waals surface area contributed by atoms with Crippen LogP contribution in [0, 0.1) is 5.82 Å². The Kier molecular flexibility index (Phi) is 7.35. The van der Waals surface area contributed by atoms with Crippen LogP contribution in [0.25, 0.3) is 0 Å². The molecule has 0 atom stereocenters. The molecule has 0 bridgehead atoms. The third-order valence-electron chi connectivity index (χ3n) is 3.77. The highest BCUT2D eigenvalue weighted by molar-refractivity contribution is 9.10. The maximum atomic E-state index is 13.3. The fourth-order valence-electron chi connectivity index (χ4n) is 2.45. The first kappa shape index (κ1) is 20.5. The summed E-state index contributed by atoms with van der Waals surface area (Å²) >= 11 is 3.40. The number of benzene rings is 3. The van der Waals surface area contributed by atoms with E-state index in [2.05, 4.69) is 26.4 Å². The number of amides is 1. The van der Waals surface area contributed by atoms with Crippen molar-refractivity contribution in [3.05, 3.63) is 94.2 Å². The number of halogens is 2. The highest BCUT2D eigenvalue weighted by Crippen LogP contribution is 2.23. The van der Waals surface area contributed by atoms with Crippen molar-refractivity contribution in [1.82, 2.24) is 0 Å². The third-order valence-corrected chi connectivity index (χ3v) is 4.27. The molecule has 1 N–H and O–H groups in total. The molecule has 0 unspecified atom stereocenters. The molecule has 29 heavy (non-hydrogen) atoms. The van der Waals surface area contributed by atoms with Gasteiger partial charge in [-0.1, -0.05) is 51.4 Å². The molecule has 0 fully saturated rings. The second kappa shape index (κ2) is 10.4. The van der Waals surface area contributed by atoms with Gasteiger partial charge in [-0.2, -0.15) is 0 Å². The van der Waals surface area contributed by atoms with E-state index in [4.69, 9.17) is 9.57 Å². The quantitative estimate of drug-likeness (QED) is 0.376. The van der Waals surface area contributed by atoms with Crippen LogP contribution in [0.1, 0.15) is 11.1 Å². The van der Waals surface area contributed by atoms with Gasteiger partial charge in [0.25, 0.3) is 5.91 Å². The minimum absolute atomic E-state index is 0.209. The molecule has 0 saturated carbocycles.